The maximum Gasteiger partial charge on any atom is 0.320 e. The number of carbonyl (C=O) groups excluding carboxylic acids is 3. The summed E-state index contributed by atoms with van der Waals surface area (Å²) in [7, 11) is 0. The van der Waals surface area contributed by atoms with Crippen LogP contribution in [0, 0.1) is 47.3 Å². The number of carbonyl (C=O) groups is 3. The fourth-order valence-electron chi connectivity index (χ4n) is 9.01. The molecule has 8 rings (SSSR count). The maximum atomic E-state index is 13.2. The first kappa shape index (κ1) is 22.5. The van der Waals surface area contributed by atoms with Gasteiger partial charge in [-0.1, -0.05) is 0 Å². The molecule has 192 valence electrons. The normalized spacial score (nSPS) is 47.2. The molecule has 0 radical (unpaired) electrons. The van der Waals surface area contributed by atoms with E-state index in [9.17, 15) is 14.4 Å². The Morgan fingerprint density at radius 3 is 2.34 bits per heavy atom. The summed E-state index contributed by atoms with van der Waals surface area (Å²) in [6.07, 6.45) is 6.15. The third-order valence-corrected chi connectivity index (χ3v) is 10.1. The molecule has 2 heterocycles. The number of ether oxygens (including phenoxy) is 5. The quantitative estimate of drug-likeness (QED) is 0.298. The number of morpholine rings is 1. The van der Waals surface area contributed by atoms with Gasteiger partial charge in [0.25, 0.3) is 0 Å². The Labute approximate surface area is 205 Å². The second kappa shape index (κ2) is 8.70. The third-order valence-electron chi connectivity index (χ3n) is 10.1. The van der Waals surface area contributed by atoms with Gasteiger partial charge >= 0.3 is 17.9 Å². The molecule has 9 heteroatoms. The predicted octanol–water partition coefficient (Wildman–Crippen LogP) is 1.38. The zero-order valence-corrected chi connectivity index (χ0v) is 20.0. The summed E-state index contributed by atoms with van der Waals surface area (Å²) >= 11 is 0. The van der Waals surface area contributed by atoms with Crippen molar-refractivity contribution in [2.75, 3.05) is 39.6 Å². The molecule has 35 heavy (non-hydrogen) atoms. The number of hydrogen-bond acceptors (Lipinski definition) is 9. The number of rotatable bonds is 7. The van der Waals surface area contributed by atoms with Crippen LogP contribution in [-0.2, 0) is 38.1 Å². The summed E-state index contributed by atoms with van der Waals surface area (Å²) in [6.45, 7) is 2.68. The molecule has 0 aromatic carbocycles. The second-order valence-electron chi connectivity index (χ2n) is 12.0. The van der Waals surface area contributed by atoms with Crippen LogP contribution < -0.4 is 0 Å². The number of fused-ring (bicyclic) bond motifs is 1. The van der Waals surface area contributed by atoms with E-state index < -0.39 is 30.0 Å². The Morgan fingerprint density at radius 1 is 0.914 bits per heavy atom. The van der Waals surface area contributed by atoms with Crippen LogP contribution in [0.25, 0.3) is 0 Å². The minimum absolute atomic E-state index is 0.0631. The van der Waals surface area contributed by atoms with Crippen LogP contribution in [-0.4, -0.2) is 80.8 Å². The Balaban J connectivity index is 0.967. The highest BCUT2D eigenvalue weighted by Gasteiger charge is 2.70. The van der Waals surface area contributed by atoms with Gasteiger partial charge in [-0.05, 0) is 62.2 Å². The van der Waals surface area contributed by atoms with E-state index in [4.69, 9.17) is 23.7 Å². The maximum absolute atomic E-state index is 13.2. The van der Waals surface area contributed by atoms with Gasteiger partial charge in [0.05, 0.1) is 37.7 Å². The van der Waals surface area contributed by atoms with Gasteiger partial charge in [0.2, 0.25) is 0 Å². The zero-order chi connectivity index (χ0) is 23.7. The van der Waals surface area contributed by atoms with Crippen LogP contribution >= 0.6 is 0 Å². The topological polar surface area (TPSA) is 101 Å². The van der Waals surface area contributed by atoms with Gasteiger partial charge in [-0.3, -0.25) is 19.3 Å². The standard InChI is InChI=1S/C26H35NO8/c28-19(11-27-1-3-31-4-2-27)34-23-17-10-18-21(26(30)35-24(18)23)20(17)25(29)33-12-32-22-15-6-13-5-14(8-15)9-16(22)7-13/h13-18,20-24H,1-12H2. The first-order chi connectivity index (χ1) is 17.0. The molecule has 6 saturated carbocycles. The molecule has 2 saturated heterocycles. The minimum Gasteiger partial charge on any atom is -0.458 e. The molecule has 2 aliphatic heterocycles. The van der Waals surface area contributed by atoms with Crippen LogP contribution in [0.15, 0.2) is 0 Å². The van der Waals surface area contributed by atoms with Crippen molar-refractivity contribution in [1.82, 2.24) is 4.90 Å². The van der Waals surface area contributed by atoms with Crippen molar-refractivity contribution >= 4 is 17.9 Å². The lowest BCUT2D eigenvalue weighted by Crippen LogP contribution is -2.49. The van der Waals surface area contributed by atoms with Crippen molar-refractivity contribution < 1.29 is 38.1 Å². The van der Waals surface area contributed by atoms with Crippen molar-refractivity contribution in [3.63, 3.8) is 0 Å². The van der Waals surface area contributed by atoms with Crippen LogP contribution in [0.2, 0.25) is 0 Å². The first-order valence-corrected chi connectivity index (χ1v) is 13.5. The zero-order valence-electron chi connectivity index (χ0n) is 20.0. The van der Waals surface area contributed by atoms with Crippen molar-refractivity contribution in [1.29, 1.82) is 0 Å². The van der Waals surface area contributed by atoms with Crippen molar-refractivity contribution in [3.8, 4) is 0 Å². The third kappa shape index (κ3) is 3.80. The van der Waals surface area contributed by atoms with E-state index >= 15 is 0 Å². The molecule has 0 aromatic heterocycles. The molecule has 9 nitrogen and oxygen atoms in total. The first-order valence-electron chi connectivity index (χ1n) is 13.5. The minimum atomic E-state index is -0.630. The van der Waals surface area contributed by atoms with Crippen LogP contribution in [0.3, 0.4) is 0 Å². The fraction of sp³-hybridized carbons (Fsp3) is 0.885. The van der Waals surface area contributed by atoms with E-state index in [1.807, 2.05) is 4.90 Å². The van der Waals surface area contributed by atoms with Gasteiger partial charge < -0.3 is 23.7 Å². The number of nitrogens with zero attached hydrogens (tertiary/aromatic N) is 1. The summed E-state index contributed by atoms with van der Waals surface area (Å²) < 4.78 is 28.5. The van der Waals surface area contributed by atoms with E-state index in [1.54, 1.807) is 0 Å². The number of esters is 3. The Morgan fingerprint density at radius 2 is 1.63 bits per heavy atom. The second-order valence-corrected chi connectivity index (χ2v) is 12.0. The van der Waals surface area contributed by atoms with Crippen molar-refractivity contribution in [3.05, 3.63) is 0 Å². The Hall–Kier alpha value is -1.71. The van der Waals surface area contributed by atoms with Gasteiger partial charge in [-0.15, -0.1) is 0 Å². The monoisotopic (exact) mass is 489 g/mol. The molecule has 6 unspecified atom stereocenters. The molecular weight excluding hydrogens is 454 g/mol. The summed E-state index contributed by atoms with van der Waals surface area (Å²) in [5.41, 5.74) is 0. The highest BCUT2D eigenvalue weighted by atomic mass is 16.7. The average Bonchev–Trinajstić information content (AvgIpc) is 3.45. The highest BCUT2D eigenvalue weighted by Crippen LogP contribution is 2.59. The summed E-state index contributed by atoms with van der Waals surface area (Å²) in [6, 6.07) is 0. The lowest BCUT2D eigenvalue weighted by atomic mass is 9.55. The smallest absolute Gasteiger partial charge is 0.320 e. The number of hydrogen-bond donors (Lipinski definition) is 0. The van der Waals surface area contributed by atoms with Crippen LogP contribution in [0.4, 0.5) is 0 Å². The predicted molar refractivity (Wildman–Crippen MR) is 118 cm³/mol. The molecule has 0 N–H and O–H groups in total. The summed E-state index contributed by atoms with van der Waals surface area (Å²) in [4.78, 5) is 40.5. The van der Waals surface area contributed by atoms with Gasteiger partial charge in [0.1, 0.15) is 12.2 Å². The van der Waals surface area contributed by atoms with Crippen molar-refractivity contribution in [2.24, 2.45) is 47.3 Å². The Kier molecular flexibility index (Phi) is 5.59. The molecule has 6 atom stereocenters. The van der Waals surface area contributed by atoms with Crippen molar-refractivity contribution in [2.45, 2.75) is 56.8 Å². The summed E-state index contributed by atoms with van der Waals surface area (Å²) in [5.74, 6) is 0.317. The largest absolute Gasteiger partial charge is 0.458 e. The summed E-state index contributed by atoms with van der Waals surface area (Å²) in [5, 5.41) is 0. The molecule has 0 amide bonds. The van der Waals surface area contributed by atoms with E-state index in [0.717, 1.165) is 11.8 Å². The molecule has 0 spiro atoms. The van der Waals surface area contributed by atoms with Gasteiger partial charge in [0, 0.05) is 24.9 Å². The van der Waals surface area contributed by atoms with E-state index in [-0.39, 0.29) is 43.2 Å². The lowest BCUT2D eigenvalue weighted by Gasteiger charge is -2.53. The molecule has 0 aromatic rings. The molecule has 8 fully saturated rings. The molecular formula is C26H35NO8. The molecule has 8 aliphatic rings. The molecule has 6 bridgehead atoms. The Bertz CT molecular complexity index is 859. The molecule has 6 aliphatic carbocycles. The van der Waals surface area contributed by atoms with E-state index in [0.29, 0.717) is 44.6 Å². The van der Waals surface area contributed by atoms with Crippen LogP contribution in [0.5, 0.6) is 0 Å². The lowest BCUT2D eigenvalue weighted by molar-refractivity contribution is -0.194. The average molecular weight is 490 g/mol. The SMILES string of the molecule is O=C(CN1CCOCC1)OC1C2CC3C1OC(=O)C3C2C(=O)OCOC1C2CC3CC(C2)CC1C3. The van der Waals surface area contributed by atoms with E-state index in [1.165, 1.54) is 32.1 Å². The van der Waals surface area contributed by atoms with Gasteiger partial charge in [-0.25, -0.2) is 0 Å². The van der Waals surface area contributed by atoms with Gasteiger partial charge in [0.15, 0.2) is 6.79 Å². The highest BCUT2D eigenvalue weighted by molar-refractivity contribution is 5.86. The van der Waals surface area contributed by atoms with E-state index in [2.05, 4.69) is 0 Å². The van der Waals surface area contributed by atoms with Gasteiger partial charge in [-0.2, -0.15) is 0 Å². The van der Waals surface area contributed by atoms with Crippen LogP contribution in [0.1, 0.15) is 38.5 Å². The fourth-order valence-corrected chi connectivity index (χ4v) is 9.01.